The van der Waals surface area contributed by atoms with E-state index in [0.29, 0.717) is 0 Å². The van der Waals surface area contributed by atoms with Crippen LogP contribution in [-0.4, -0.2) is 0 Å². The Hall–Kier alpha value is -1.41. The van der Waals surface area contributed by atoms with Crippen molar-refractivity contribution in [2.45, 2.75) is 19.9 Å². The maximum Gasteiger partial charge on any atom is 0.0955 e. The molecule has 1 aromatic carbocycles. The fraction of sp³-hybridized carbons (Fsp3) is 0.231. The molecule has 2 aromatic rings. The molecule has 84 valence electrons. The summed E-state index contributed by atoms with van der Waals surface area (Å²) < 4.78 is 5.06. The van der Waals surface area contributed by atoms with Crippen LogP contribution in [0.25, 0.3) is 0 Å². The molecule has 1 heterocycles. The van der Waals surface area contributed by atoms with E-state index in [-0.39, 0.29) is 6.04 Å². The van der Waals surface area contributed by atoms with Gasteiger partial charge in [0.05, 0.1) is 18.6 Å². The van der Waals surface area contributed by atoms with E-state index in [9.17, 15) is 0 Å². The second-order valence-electron chi connectivity index (χ2n) is 3.88. The number of anilines is 1. The number of aryl methyl sites for hydroxylation is 1. The fourth-order valence-electron chi connectivity index (χ4n) is 1.59. The quantitative estimate of drug-likeness (QED) is 0.852. The third-order valence-electron chi connectivity index (χ3n) is 2.61. The van der Waals surface area contributed by atoms with E-state index < -0.39 is 0 Å². The highest BCUT2D eigenvalue weighted by Gasteiger charge is 2.08. The zero-order valence-corrected chi connectivity index (χ0v) is 10.1. The Labute approximate surface area is 100 Å². The van der Waals surface area contributed by atoms with Gasteiger partial charge in [0, 0.05) is 16.3 Å². The normalized spacial score (nSPS) is 12.4. The summed E-state index contributed by atoms with van der Waals surface area (Å²) in [4.78, 5) is 0. The third-order valence-corrected chi connectivity index (χ3v) is 2.85. The number of nitrogens with one attached hydrogen (secondary N) is 1. The van der Waals surface area contributed by atoms with E-state index in [1.54, 1.807) is 12.5 Å². The molecule has 0 radical (unpaired) electrons. The van der Waals surface area contributed by atoms with Gasteiger partial charge in [0.25, 0.3) is 0 Å². The van der Waals surface area contributed by atoms with Crippen LogP contribution in [0.4, 0.5) is 5.69 Å². The smallest absolute Gasteiger partial charge is 0.0955 e. The van der Waals surface area contributed by atoms with Crippen molar-refractivity contribution in [3.8, 4) is 0 Å². The number of halogens is 1. The first-order chi connectivity index (χ1) is 7.66. The number of hydrogen-bond donors (Lipinski definition) is 1. The first-order valence-corrected chi connectivity index (χ1v) is 5.59. The largest absolute Gasteiger partial charge is 0.472 e. The van der Waals surface area contributed by atoms with Crippen molar-refractivity contribution >= 4 is 17.3 Å². The van der Waals surface area contributed by atoms with Crippen LogP contribution in [-0.2, 0) is 0 Å². The van der Waals surface area contributed by atoms with Crippen molar-refractivity contribution < 1.29 is 4.42 Å². The second kappa shape index (κ2) is 4.62. The first kappa shape index (κ1) is 11.1. The molecule has 0 spiro atoms. The molecule has 2 nitrogen and oxygen atoms in total. The number of rotatable bonds is 3. The van der Waals surface area contributed by atoms with E-state index in [4.69, 9.17) is 16.0 Å². The Kier molecular flexibility index (Phi) is 3.20. The predicted molar refractivity (Wildman–Crippen MR) is 66.9 cm³/mol. The maximum absolute atomic E-state index is 5.97. The molecule has 1 N–H and O–H groups in total. The molecule has 2 rings (SSSR count). The van der Waals surface area contributed by atoms with Crippen molar-refractivity contribution in [2.24, 2.45) is 0 Å². The van der Waals surface area contributed by atoms with Crippen LogP contribution < -0.4 is 5.32 Å². The molecule has 0 aliphatic rings. The van der Waals surface area contributed by atoms with Gasteiger partial charge in [-0.05, 0) is 37.6 Å². The highest BCUT2D eigenvalue weighted by molar-refractivity contribution is 6.30. The van der Waals surface area contributed by atoms with Gasteiger partial charge in [0.1, 0.15) is 0 Å². The molecule has 3 heteroatoms. The van der Waals surface area contributed by atoms with Gasteiger partial charge in [-0.15, -0.1) is 0 Å². The molecule has 0 amide bonds. The molecule has 1 atom stereocenters. The van der Waals surface area contributed by atoms with Crippen molar-refractivity contribution in [3.63, 3.8) is 0 Å². The topological polar surface area (TPSA) is 25.2 Å². The minimum absolute atomic E-state index is 0.205. The van der Waals surface area contributed by atoms with Crippen molar-refractivity contribution in [3.05, 3.63) is 52.9 Å². The van der Waals surface area contributed by atoms with E-state index in [0.717, 1.165) is 16.3 Å². The lowest BCUT2D eigenvalue weighted by atomic mass is 10.1. The van der Waals surface area contributed by atoms with Crippen LogP contribution in [0.3, 0.4) is 0 Å². The minimum atomic E-state index is 0.205. The zero-order chi connectivity index (χ0) is 11.5. The summed E-state index contributed by atoms with van der Waals surface area (Å²) in [7, 11) is 0. The second-order valence-corrected chi connectivity index (χ2v) is 4.32. The molecular formula is C13H14ClNO. The molecule has 16 heavy (non-hydrogen) atoms. The first-order valence-electron chi connectivity index (χ1n) is 5.21. The maximum atomic E-state index is 5.97. The third kappa shape index (κ3) is 2.39. The Bertz CT molecular complexity index is 465. The highest BCUT2D eigenvalue weighted by Crippen LogP contribution is 2.25. The predicted octanol–water partition coefficient (Wildman–Crippen LogP) is 4.41. The minimum Gasteiger partial charge on any atom is -0.472 e. The molecule has 0 aliphatic carbocycles. The van der Waals surface area contributed by atoms with Gasteiger partial charge in [0.15, 0.2) is 0 Å². The molecule has 1 unspecified atom stereocenters. The summed E-state index contributed by atoms with van der Waals surface area (Å²) in [6.07, 6.45) is 3.43. The van der Waals surface area contributed by atoms with Crippen LogP contribution in [0.2, 0.25) is 5.02 Å². The molecule has 0 fully saturated rings. The number of benzene rings is 1. The Morgan fingerprint density at radius 2 is 2.12 bits per heavy atom. The van der Waals surface area contributed by atoms with Gasteiger partial charge in [-0.2, -0.15) is 0 Å². The van der Waals surface area contributed by atoms with Crippen molar-refractivity contribution in [1.29, 1.82) is 0 Å². The Balaban J connectivity index is 2.17. The van der Waals surface area contributed by atoms with Crippen LogP contribution in [0.1, 0.15) is 24.1 Å². The molecule has 0 aliphatic heterocycles. The van der Waals surface area contributed by atoms with Gasteiger partial charge in [-0.1, -0.05) is 17.7 Å². The lowest BCUT2D eigenvalue weighted by Crippen LogP contribution is -2.06. The summed E-state index contributed by atoms with van der Waals surface area (Å²) in [5, 5.41) is 4.15. The average molecular weight is 236 g/mol. The number of furan rings is 1. The summed E-state index contributed by atoms with van der Waals surface area (Å²) in [6.45, 7) is 4.14. The monoisotopic (exact) mass is 235 g/mol. The lowest BCUT2D eigenvalue weighted by molar-refractivity contribution is 0.562. The summed E-state index contributed by atoms with van der Waals surface area (Å²) in [6, 6.07) is 8.00. The average Bonchev–Trinajstić information content (AvgIpc) is 2.76. The standard InChI is InChI=1S/C13H14ClNO/c1-9-3-4-12(14)7-13(9)15-10(2)11-5-6-16-8-11/h3-8,10,15H,1-2H3. The van der Waals surface area contributed by atoms with Crippen molar-refractivity contribution in [1.82, 2.24) is 0 Å². The molecular weight excluding hydrogens is 222 g/mol. The van der Waals surface area contributed by atoms with Crippen LogP contribution >= 0.6 is 11.6 Å². The van der Waals surface area contributed by atoms with Gasteiger partial charge in [-0.25, -0.2) is 0 Å². The van der Waals surface area contributed by atoms with Crippen LogP contribution in [0, 0.1) is 6.92 Å². The number of hydrogen-bond acceptors (Lipinski definition) is 2. The van der Waals surface area contributed by atoms with Gasteiger partial charge >= 0.3 is 0 Å². The molecule has 1 aromatic heterocycles. The zero-order valence-electron chi connectivity index (χ0n) is 9.33. The van der Waals surface area contributed by atoms with E-state index in [2.05, 4.69) is 19.2 Å². The van der Waals surface area contributed by atoms with Gasteiger partial charge in [0.2, 0.25) is 0 Å². The van der Waals surface area contributed by atoms with E-state index >= 15 is 0 Å². The Morgan fingerprint density at radius 1 is 1.31 bits per heavy atom. The molecule has 0 bridgehead atoms. The Morgan fingerprint density at radius 3 is 2.81 bits per heavy atom. The fourth-order valence-corrected chi connectivity index (χ4v) is 1.76. The van der Waals surface area contributed by atoms with Crippen molar-refractivity contribution in [2.75, 3.05) is 5.32 Å². The van der Waals surface area contributed by atoms with E-state index in [1.165, 1.54) is 5.56 Å². The van der Waals surface area contributed by atoms with E-state index in [1.807, 2.05) is 24.3 Å². The van der Waals surface area contributed by atoms with Crippen LogP contribution in [0.15, 0.2) is 41.2 Å². The molecule has 0 saturated heterocycles. The van der Waals surface area contributed by atoms with Gasteiger partial charge < -0.3 is 9.73 Å². The lowest BCUT2D eigenvalue weighted by Gasteiger charge is -2.15. The molecule has 0 saturated carbocycles. The summed E-state index contributed by atoms with van der Waals surface area (Å²) in [5.74, 6) is 0. The van der Waals surface area contributed by atoms with Gasteiger partial charge in [-0.3, -0.25) is 0 Å². The summed E-state index contributed by atoms with van der Waals surface area (Å²) in [5.41, 5.74) is 3.36. The summed E-state index contributed by atoms with van der Waals surface area (Å²) >= 11 is 5.97. The van der Waals surface area contributed by atoms with Crippen LogP contribution in [0.5, 0.6) is 0 Å². The SMILES string of the molecule is Cc1ccc(Cl)cc1NC(C)c1ccoc1. The highest BCUT2D eigenvalue weighted by atomic mass is 35.5.